The molecular weight excluding hydrogens is 542 g/mol. The van der Waals surface area contributed by atoms with Crippen LogP contribution in [0.2, 0.25) is 0 Å². The number of carbonyl (C=O) groups is 3. The first-order valence-corrected chi connectivity index (χ1v) is 14.6. The van der Waals surface area contributed by atoms with Crippen LogP contribution in [-0.2, 0) is 14.3 Å². The molecule has 3 aromatic rings. The molecule has 41 heavy (non-hydrogen) atoms. The summed E-state index contributed by atoms with van der Waals surface area (Å²) in [5.41, 5.74) is 2.21. The number of methoxy groups -OCH3 is 1. The van der Waals surface area contributed by atoms with Gasteiger partial charge in [0.15, 0.2) is 0 Å². The fourth-order valence-electron chi connectivity index (χ4n) is 5.52. The van der Waals surface area contributed by atoms with Gasteiger partial charge in [-0.05, 0) is 55.3 Å². The third-order valence-electron chi connectivity index (χ3n) is 7.48. The average Bonchev–Trinajstić information content (AvgIpc) is 3.37. The topological polar surface area (TPSA) is 113 Å². The molecule has 10 nitrogen and oxygen atoms in total. The average molecular weight is 574 g/mol. The molecule has 3 aliphatic heterocycles. The summed E-state index contributed by atoms with van der Waals surface area (Å²) in [5.74, 6) is 1.24. The zero-order chi connectivity index (χ0) is 28.3. The smallest absolute Gasteiger partial charge is 0.327 e. The van der Waals surface area contributed by atoms with E-state index in [1.165, 1.54) is 11.8 Å². The first-order chi connectivity index (χ1) is 20.0. The minimum Gasteiger partial charge on any atom is -0.457 e. The number of anilines is 2. The molecule has 1 aromatic heterocycles. The maximum atomic E-state index is 13.5. The van der Waals surface area contributed by atoms with E-state index in [1.807, 2.05) is 60.7 Å². The van der Waals surface area contributed by atoms with Crippen molar-refractivity contribution in [1.82, 2.24) is 20.5 Å². The Balaban J connectivity index is 1.16. The molecular formula is C30H31N5O5S. The van der Waals surface area contributed by atoms with E-state index >= 15 is 0 Å². The van der Waals surface area contributed by atoms with Crippen LogP contribution < -0.4 is 20.3 Å². The van der Waals surface area contributed by atoms with Gasteiger partial charge >= 0.3 is 6.03 Å². The highest BCUT2D eigenvalue weighted by Crippen LogP contribution is 2.50. The van der Waals surface area contributed by atoms with Gasteiger partial charge in [0.05, 0.1) is 30.4 Å². The fraction of sp³-hybridized carbons (Fsp3) is 0.333. The van der Waals surface area contributed by atoms with Crippen molar-refractivity contribution in [2.45, 2.75) is 41.6 Å². The Hall–Kier alpha value is -4.09. The minimum atomic E-state index is -0.564. The fourth-order valence-corrected chi connectivity index (χ4v) is 6.76. The lowest BCUT2D eigenvalue weighted by Gasteiger charge is -2.36. The van der Waals surface area contributed by atoms with Crippen molar-refractivity contribution in [2.75, 3.05) is 31.7 Å². The summed E-state index contributed by atoms with van der Waals surface area (Å²) < 4.78 is 10.9. The Labute approximate surface area is 242 Å². The first kappa shape index (κ1) is 27.1. The Morgan fingerprint density at radius 1 is 1.10 bits per heavy atom. The number of benzene rings is 2. The number of nitrogens with zero attached hydrogens (tertiary/aromatic N) is 3. The van der Waals surface area contributed by atoms with Crippen molar-refractivity contribution in [2.24, 2.45) is 0 Å². The highest BCUT2D eigenvalue weighted by molar-refractivity contribution is 8.01. The van der Waals surface area contributed by atoms with Gasteiger partial charge in [0.2, 0.25) is 11.8 Å². The van der Waals surface area contributed by atoms with E-state index in [1.54, 1.807) is 23.1 Å². The zero-order valence-corrected chi connectivity index (χ0v) is 23.4. The van der Waals surface area contributed by atoms with Crippen LogP contribution in [0.5, 0.6) is 11.5 Å². The third kappa shape index (κ3) is 5.59. The minimum absolute atomic E-state index is 0.0292. The number of amides is 4. The van der Waals surface area contributed by atoms with Crippen LogP contribution in [0.4, 0.5) is 16.2 Å². The summed E-state index contributed by atoms with van der Waals surface area (Å²) in [6, 6.07) is 17.6. The first-order valence-electron chi connectivity index (χ1n) is 13.7. The van der Waals surface area contributed by atoms with Gasteiger partial charge in [0.1, 0.15) is 21.8 Å². The van der Waals surface area contributed by atoms with E-state index in [0.717, 1.165) is 29.2 Å². The molecule has 4 amide bonds. The molecule has 6 rings (SSSR count). The van der Waals surface area contributed by atoms with Gasteiger partial charge < -0.3 is 25.0 Å². The van der Waals surface area contributed by atoms with Gasteiger partial charge in [0, 0.05) is 38.0 Å². The van der Waals surface area contributed by atoms with Gasteiger partial charge in [-0.2, -0.15) is 0 Å². The number of urea groups is 1. The Morgan fingerprint density at radius 2 is 1.88 bits per heavy atom. The molecule has 1 saturated heterocycles. The highest BCUT2D eigenvalue weighted by Gasteiger charge is 2.47. The van der Waals surface area contributed by atoms with Crippen molar-refractivity contribution in [3.63, 3.8) is 0 Å². The predicted molar refractivity (Wildman–Crippen MR) is 154 cm³/mol. The number of hydrogen-bond acceptors (Lipinski definition) is 7. The lowest BCUT2D eigenvalue weighted by molar-refractivity contribution is -0.134. The summed E-state index contributed by atoms with van der Waals surface area (Å²) in [7, 11) is 1.57. The molecule has 0 saturated carbocycles. The number of likely N-dealkylation sites (tertiary alicyclic amines) is 1. The molecule has 212 valence electrons. The highest BCUT2D eigenvalue weighted by atomic mass is 32.2. The van der Waals surface area contributed by atoms with Crippen LogP contribution in [0.15, 0.2) is 71.9 Å². The molecule has 0 spiro atoms. The van der Waals surface area contributed by atoms with E-state index in [4.69, 9.17) is 9.47 Å². The monoisotopic (exact) mass is 573 g/mol. The number of aromatic nitrogens is 1. The predicted octanol–water partition coefficient (Wildman–Crippen LogP) is 4.39. The number of thioether (sulfide) groups is 1. The number of nitrogens with one attached hydrogen (secondary N) is 2. The second-order valence-corrected chi connectivity index (χ2v) is 11.3. The number of piperidine rings is 1. The van der Waals surface area contributed by atoms with Crippen LogP contribution in [0.3, 0.4) is 0 Å². The number of pyridine rings is 1. The molecule has 2 aromatic carbocycles. The maximum Gasteiger partial charge on any atom is 0.327 e. The number of hydrogen-bond donors (Lipinski definition) is 2. The number of ether oxygens (including phenoxy) is 2. The van der Waals surface area contributed by atoms with Crippen molar-refractivity contribution in [3.8, 4) is 11.5 Å². The van der Waals surface area contributed by atoms with Crippen LogP contribution in [0, 0.1) is 0 Å². The molecule has 2 N–H and O–H groups in total. The quantitative estimate of drug-likeness (QED) is 0.411. The lowest BCUT2D eigenvalue weighted by atomic mass is 9.99. The zero-order valence-electron chi connectivity index (χ0n) is 22.6. The molecule has 3 atom stereocenters. The Bertz CT molecular complexity index is 1440. The molecule has 0 aliphatic carbocycles. The number of carbonyl (C=O) groups excluding carboxylic acids is 3. The maximum absolute atomic E-state index is 13.5. The van der Waals surface area contributed by atoms with E-state index in [-0.39, 0.29) is 23.9 Å². The van der Waals surface area contributed by atoms with E-state index in [9.17, 15) is 14.4 Å². The summed E-state index contributed by atoms with van der Waals surface area (Å²) >= 11 is 1.36. The lowest BCUT2D eigenvalue weighted by Crippen LogP contribution is -2.53. The summed E-state index contributed by atoms with van der Waals surface area (Å²) in [6.07, 6.45) is 3.61. The van der Waals surface area contributed by atoms with Crippen LogP contribution in [0.1, 0.15) is 30.9 Å². The van der Waals surface area contributed by atoms with E-state index in [2.05, 4.69) is 15.6 Å². The van der Waals surface area contributed by atoms with Crippen LogP contribution in [-0.4, -0.2) is 65.8 Å². The van der Waals surface area contributed by atoms with Gasteiger partial charge in [0.25, 0.3) is 0 Å². The second kappa shape index (κ2) is 11.8. The normalized spacial score (nSPS) is 21.2. The van der Waals surface area contributed by atoms with Crippen LogP contribution >= 0.6 is 11.8 Å². The van der Waals surface area contributed by atoms with Gasteiger partial charge in [-0.1, -0.05) is 30.0 Å². The SMILES string of the molecule is COCCC(=O)N1CCCC(NC(=O)[C@@H]2Sc3nccc4c3C2NC(=O)N4c2ccc(Oc3ccccc3)cc2)C1. The van der Waals surface area contributed by atoms with Crippen LogP contribution in [0.25, 0.3) is 0 Å². The third-order valence-corrected chi connectivity index (χ3v) is 8.77. The molecule has 1 fully saturated rings. The van der Waals surface area contributed by atoms with E-state index in [0.29, 0.717) is 43.2 Å². The second-order valence-electron chi connectivity index (χ2n) is 10.2. The van der Waals surface area contributed by atoms with Gasteiger partial charge in [-0.15, -0.1) is 0 Å². The van der Waals surface area contributed by atoms with Crippen molar-refractivity contribution in [3.05, 3.63) is 72.4 Å². The van der Waals surface area contributed by atoms with E-state index < -0.39 is 11.3 Å². The standard InChI is InChI=1S/C30H31N5O5S/c1-39-17-14-24(36)34-16-5-6-19(18-34)32-28(37)27-26-25-23(13-15-31-29(25)41-27)35(30(38)33-26)20-9-11-22(12-10-20)40-21-7-3-2-4-8-21/h2-4,7-13,15,19,26-27H,5-6,14,16-18H2,1H3,(H,32,37)(H,33,38)/t19?,26?,27-/m1/s1. The van der Waals surface area contributed by atoms with Gasteiger partial charge in [-0.3, -0.25) is 14.5 Å². The number of para-hydroxylation sites is 1. The molecule has 2 unspecified atom stereocenters. The Morgan fingerprint density at radius 3 is 2.66 bits per heavy atom. The summed E-state index contributed by atoms with van der Waals surface area (Å²) in [6.45, 7) is 1.53. The van der Waals surface area contributed by atoms with Crippen molar-refractivity contribution < 1.29 is 23.9 Å². The summed E-state index contributed by atoms with van der Waals surface area (Å²) in [5, 5.41) is 6.35. The molecule has 0 bridgehead atoms. The molecule has 0 radical (unpaired) electrons. The number of rotatable bonds is 8. The van der Waals surface area contributed by atoms with Crippen molar-refractivity contribution in [1.29, 1.82) is 0 Å². The Kier molecular flexibility index (Phi) is 7.80. The summed E-state index contributed by atoms with van der Waals surface area (Å²) in [4.78, 5) is 47.4. The molecule has 3 aliphatic rings. The largest absolute Gasteiger partial charge is 0.457 e. The van der Waals surface area contributed by atoms with Gasteiger partial charge in [-0.25, -0.2) is 9.78 Å². The molecule has 4 heterocycles. The molecule has 11 heteroatoms. The van der Waals surface area contributed by atoms with Crippen molar-refractivity contribution >= 4 is 41.0 Å².